The Hall–Kier alpha value is -2.38. The van der Waals surface area contributed by atoms with Gasteiger partial charge in [0.05, 0.1) is 18.7 Å². The zero-order valence-corrected chi connectivity index (χ0v) is 10.8. The molecule has 4 nitrogen and oxygen atoms in total. The van der Waals surface area contributed by atoms with Crippen molar-refractivity contribution in [2.45, 2.75) is 13.1 Å². The number of aromatic nitrogens is 1. The predicted octanol–water partition coefficient (Wildman–Crippen LogP) is 2.25. The second-order valence-corrected chi connectivity index (χ2v) is 4.08. The van der Waals surface area contributed by atoms with Gasteiger partial charge in [-0.2, -0.15) is 5.26 Å². The number of hydrogen-bond donors (Lipinski definition) is 1. The first kappa shape index (κ1) is 13.1. The fourth-order valence-electron chi connectivity index (χ4n) is 1.80. The highest BCUT2D eigenvalue weighted by atomic mass is 16.5. The van der Waals surface area contributed by atoms with Gasteiger partial charge in [-0.15, -0.1) is 0 Å². The van der Waals surface area contributed by atoms with Gasteiger partial charge in [-0.3, -0.25) is 0 Å². The van der Waals surface area contributed by atoms with Crippen LogP contribution >= 0.6 is 0 Å². The highest BCUT2D eigenvalue weighted by molar-refractivity contribution is 5.37. The fraction of sp³-hybridized carbons (Fsp3) is 0.200. The monoisotopic (exact) mass is 253 g/mol. The van der Waals surface area contributed by atoms with Crippen molar-refractivity contribution < 1.29 is 4.74 Å². The Bertz CT molecular complexity index is 590. The lowest BCUT2D eigenvalue weighted by atomic mass is 10.1. The molecule has 0 aliphatic carbocycles. The molecule has 0 aliphatic heterocycles. The maximum absolute atomic E-state index is 9.00. The Labute approximate surface area is 112 Å². The summed E-state index contributed by atoms with van der Waals surface area (Å²) >= 11 is 0. The second kappa shape index (κ2) is 6.53. The number of pyridine rings is 1. The molecule has 0 spiro atoms. The third-order valence-electron chi connectivity index (χ3n) is 2.79. The van der Waals surface area contributed by atoms with Crippen molar-refractivity contribution in [3.63, 3.8) is 0 Å². The van der Waals surface area contributed by atoms with Gasteiger partial charge in [-0.05, 0) is 23.3 Å². The van der Waals surface area contributed by atoms with E-state index in [4.69, 9.17) is 10.00 Å². The van der Waals surface area contributed by atoms with Crippen LogP contribution in [0.4, 0.5) is 0 Å². The van der Waals surface area contributed by atoms with E-state index in [0.717, 1.165) is 11.1 Å². The summed E-state index contributed by atoms with van der Waals surface area (Å²) in [5.41, 5.74) is 2.81. The number of nitrogens with one attached hydrogen (secondary N) is 1. The van der Waals surface area contributed by atoms with E-state index in [1.54, 1.807) is 13.3 Å². The van der Waals surface area contributed by atoms with Crippen LogP contribution in [0.2, 0.25) is 0 Å². The van der Waals surface area contributed by atoms with Crippen molar-refractivity contribution >= 4 is 0 Å². The molecule has 0 amide bonds. The van der Waals surface area contributed by atoms with Gasteiger partial charge in [-0.1, -0.05) is 18.2 Å². The first-order valence-corrected chi connectivity index (χ1v) is 6.01. The minimum Gasteiger partial charge on any atom is -0.481 e. The number of methoxy groups -OCH3 is 1. The van der Waals surface area contributed by atoms with Gasteiger partial charge >= 0.3 is 0 Å². The van der Waals surface area contributed by atoms with E-state index in [1.807, 2.05) is 36.4 Å². The van der Waals surface area contributed by atoms with Crippen molar-refractivity contribution in [3.8, 4) is 11.9 Å². The number of rotatable bonds is 5. The van der Waals surface area contributed by atoms with Crippen molar-refractivity contribution in [3.05, 3.63) is 59.3 Å². The first-order valence-electron chi connectivity index (χ1n) is 6.01. The van der Waals surface area contributed by atoms with Gasteiger partial charge in [0.2, 0.25) is 5.88 Å². The van der Waals surface area contributed by atoms with Crippen LogP contribution in [-0.4, -0.2) is 12.1 Å². The fourth-order valence-corrected chi connectivity index (χ4v) is 1.80. The van der Waals surface area contributed by atoms with Gasteiger partial charge in [0.1, 0.15) is 0 Å². The Kier molecular flexibility index (Phi) is 4.49. The van der Waals surface area contributed by atoms with E-state index in [-0.39, 0.29) is 0 Å². The first-order chi connectivity index (χ1) is 9.33. The van der Waals surface area contributed by atoms with E-state index >= 15 is 0 Å². The maximum atomic E-state index is 9.00. The van der Waals surface area contributed by atoms with E-state index in [0.29, 0.717) is 24.5 Å². The smallest absolute Gasteiger partial charge is 0.213 e. The van der Waals surface area contributed by atoms with Crippen LogP contribution in [0.15, 0.2) is 42.6 Å². The zero-order chi connectivity index (χ0) is 13.5. The molecule has 2 rings (SSSR count). The summed E-state index contributed by atoms with van der Waals surface area (Å²) < 4.78 is 5.07. The van der Waals surface area contributed by atoms with Gasteiger partial charge in [0.15, 0.2) is 0 Å². The lowest BCUT2D eigenvalue weighted by Crippen LogP contribution is -2.13. The Balaban J connectivity index is 1.94. The molecular formula is C15H15N3O. The van der Waals surface area contributed by atoms with Gasteiger partial charge < -0.3 is 10.1 Å². The van der Waals surface area contributed by atoms with E-state index in [9.17, 15) is 0 Å². The molecule has 0 bridgehead atoms. The lowest BCUT2D eigenvalue weighted by molar-refractivity contribution is 0.397. The minimum atomic E-state index is 0.608. The molecule has 2 aromatic rings. The molecule has 1 aromatic carbocycles. The molecule has 0 atom stereocenters. The zero-order valence-electron chi connectivity index (χ0n) is 10.8. The topological polar surface area (TPSA) is 57.9 Å². The summed E-state index contributed by atoms with van der Waals surface area (Å²) in [5.74, 6) is 0.608. The van der Waals surface area contributed by atoms with Gasteiger partial charge in [0.25, 0.3) is 0 Å². The van der Waals surface area contributed by atoms with Crippen LogP contribution in [0.1, 0.15) is 16.7 Å². The predicted molar refractivity (Wildman–Crippen MR) is 72.5 cm³/mol. The SMILES string of the molecule is COc1cc(CNCc2ccccc2C#N)ccn1. The van der Waals surface area contributed by atoms with Crippen molar-refractivity contribution in [1.82, 2.24) is 10.3 Å². The van der Waals surface area contributed by atoms with Crippen LogP contribution in [0.5, 0.6) is 5.88 Å². The lowest BCUT2D eigenvalue weighted by Gasteiger charge is -2.07. The summed E-state index contributed by atoms with van der Waals surface area (Å²) in [6.45, 7) is 1.37. The van der Waals surface area contributed by atoms with E-state index < -0.39 is 0 Å². The van der Waals surface area contributed by atoms with Crippen LogP contribution in [0, 0.1) is 11.3 Å². The third-order valence-corrected chi connectivity index (χ3v) is 2.79. The molecule has 0 saturated carbocycles. The average Bonchev–Trinajstić information content (AvgIpc) is 2.48. The third kappa shape index (κ3) is 3.54. The Morgan fingerprint density at radius 2 is 2.11 bits per heavy atom. The Morgan fingerprint density at radius 1 is 1.26 bits per heavy atom. The van der Waals surface area contributed by atoms with Crippen LogP contribution in [0.3, 0.4) is 0 Å². The highest BCUT2D eigenvalue weighted by Gasteiger charge is 2.01. The molecule has 1 N–H and O–H groups in total. The summed E-state index contributed by atoms with van der Waals surface area (Å²) in [5, 5.41) is 12.3. The molecule has 0 fully saturated rings. The summed E-state index contributed by atoms with van der Waals surface area (Å²) in [6, 6.07) is 13.6. The number of ether oxygens (including phenoxy) is 1. The normalized spacial score (nSPS) is 9.89. The van der Waals surface area contributed by atoms with Crippen LogP contribution in [-0.2, 0) is 13.1 Å². The number of benzene rings is 1. The van der Waals surface area contributed by atoms with Crippen LogP contribution < -0.4 is 10.1 Å². The molecule has 96 valence electrons. The van der Waals surface area contributed by atoms with Gasteiger partial charge in [-0.25, -0.2) is 4.98 Å². The van der Waals surface area contributed by atoms with Crippen LogP contribution in [0.25, 0.3) is 0 Å². The summed E-state index contributed by atoms with van der Waals surface area (Å²) in [4.78, 5) is 4.06. The van der Waals surface area contributed by atoms with Crippen molar-refractivity contribution in [1.29, 1.82) is 5.26 Å². The molecule has 0 radical (unpaired) electrons. The number of hydrogen-bond acceptors (Lipinski definition) is 4. The van der Waals surface area contributed by atoms with Gasteiger partial charge in [0, 0.05) is 25.4 Å². The molecule has 0 unspecified atom stereocenters. The van der Waals surface area contributed by atoms with Crippen molar-refractivity contribution in [2.75, 3.05) is 7.11 Å². The number of nitrogens with zero attached hydrogens (tertiary/aromatic N) is 2. The molecule has 1 aromatic heterocycles. The molecule has 4 heteroatoms. The average molecular weight is 253 g/mol. The molecular weight excluding hydrogens is 238 g/mol. The molecule has 0 saturated heterocycles. The Morgan fingerprint density at radius 3 is 2.89 bits per heavy atom. The molecule has 19 heavy (non-hydrogen) atoms. The standard InChI is InChI=1S/C15H15N3O/c1-19-15-8-12(6-7-18-15)10-17-11-14-5-3-2-4-13(14)9-16/h2-8,17H,10-11H2,1H3. The summed E-state index contributed by atoms with van der Waals surface area (Å²) in [7, 11) is 1.60. The highest BCUT2D eigenvalue weighted by Crippen LogP contribution is 2.10. The quantitative estimate of drug-likeness (QED) is 0.888. The summed E-state index contributed by atoms with van der Waals surface area (Å²) in [6.07, 6.45) is 1.72. The van der Waals surface area contributed by atoms with E-state index in [1.165, 1.54) is 0 Å². The minimum absolute atomic E-state index is 0.608. The molecule has 0 aliphatic rings. The van der Waals surface area contributed by atoms with Crippen molar-refractivity contribution in [2.24, 2.45) is 0 Å². The second-order valence-electron chi connectivity index (χ2n) is 4.08. The largest absolute Gasteiger partial charge is 0.481 e. The molecule has 1 heterocycles. The number of nitriles is 1. The maximum Gasteiger partial charge on any atom is 0.213 e. The van der Waals surface area contributed by atoms with E-state index in [2.05, 4.69) is 16.4 Å².